The number of carbonyl (C=O) groups is 2. The van der Waals surface area contributed by atoms with Crippen LogP contribution in [0.3, 0.4) is 0 Å². The lowest BCUT2D eigenvalue weighted by Crippen LogP contribution is -2.46. The number of carbonyl (C=O) groups excluding carboxylic acids is 1. The van der Waals surface area contributed by atoms with E-state index in [1.165, 1.54) is 6.33 Å². The van der Waals surface area contributed by atoms with Crippen LogP contribution in [-0.2, 0) is 11.2 Å². The zero-order chi connectivity index (χ0) is 14.8. The van der Waals surface area contributed by atoms with Crippen LogP contribution in [0.4, 0.5) is 4.79 Å². The fourth-order valence-corrected chi connectivity index (χ4v) is 1.98. The number of amides is 2. The highest BCUT2D eigenvalue weighted by molar-refractivity contribution is 7.98. The van der Waals surface area contributed by atoms with Crippen molar-refractivity contribution in [2.45, 2.75) is 25.3 Å². The lowest BCUT2D eigenvalue weighted by Gasteiger charge is -2.14. The highest BCUT2D eigenvalue weighted by Crippen LogP contribution is 2.01. The van der Waals surface area contributed by atoms with Crippen LogP contribution in [0.1, 0.15) is 18.7 Å². The van der Waals surface area contributed by atoms with E-state index in [2.05, 4.69) is 25.8 Å². The van der Waals surface area contributed by atoms with Gasteiger partial charge in [0.05, 0.1) is 0 Å². The third-order valence-electron chi connectivity index (χ3n) is 2.55. The molecule has 8 nitrogen and oxygen atoms in total. The second kappa shape index (κ2) is 9.18. The van der Waals surface area contributed by atoms with E-state index in [0.717, 1.165) is 5.82 Å². The molecule has 0 aliphatic rings. The summed E-state index contributed by atoms with van der Waals surface area (Å²) in [4.78, 5) is 26.5. The minimum Gasteiger partial charge on any atom is -0.480 e. The molecule has 112 valence electrons. The van der Waals surface area contributed by atoms with Crippen LogP contribution in [0.5, 0.6) is 0 Å². The Balaban J connectivity index is 2.18. The monoisotopic (exact) mass is 301 g/mol. The Labute approximate surface area is 121 Å². The average Bonchev–Trinajstić information content (AvgIpc) is 2.92. The Bertz CT molecular complexity index is 412. The van der Waals surface area contributed by atoms with Crippen molar-refractivity contribution in [3.05, 3.63) is 12.2 Å². The summed E-state index contributed by atoms with van der Waals surface area (Å²) in [5.41, 5.74) is 0. The van der Waals surface area contributed by atoms with Gasteiger partial charge >= 0.3 is 12.0 Å². The Morgan fingerprint density at radius 2 is 2.35 bits per heavy atom. The van der Waals surface area contributed by atoms with Gasteiger partial charge in [-0.25, -0.2) is 14.6 Å². The molecule has 9 heteroatoms. The number of carboxylic acid groups (broad SMARTS) is 1. The number of aliphatic carboxylic acids is 1. The third-order valence-corrected chi connectivity index (χ3v) is 3.20. The number of urea groups is 1. The van der Waals surface area contributed by atoms with E-state index in [9.17, 15) is 9.59 Å². The average molecular weight is 301 g/mol. The molecular weight excluding hydrogens is 282 g/mol. The van der Waals surface area contributed by atoms with Gasteiger partial charge in [-0.15, -0.1) is 0 Å². The van der Waals surface area contributed by atoms with E-state index in [4.69, 9.17) is 5.11 Å². The first kappa shape index (κ1) is 16.3. The number of hydrogen-bond acceptors (Lipinski definition) is 5. The first-order valence-corrected chi connectivity index (χ1v) is 7.63. The fraction of sp³-hybridized carbons (Fsp3) is 0.636. The van der Waals surface area contributed by atoms with Gasteiger partial charge in [-0.3, -0.25) is 5.10 Å². The summed E-state index contributed by atoms with van der Waals surface area (Å²) in [5, 5.41) is 20.5. The summed E-state index contributed by atoms with van der Waals surface area (Å²) in [5.74, 6) is 0.425. The molecule has 0 aliphatic carbocycles. The summed E-state index contributed by atoms with van der Waals surface area (Å²) >= 11 is 1.54. The predicted molar refractivity (Wildman–Crippen MR) is 75.7 cm³/mol. The molecule has 1 atom stereocenters. The van der Waals surface area contributed by atoms with Gasteiger partial charge < -0.3 is 15.7 Å². The van der Waals surface area contributed by atoms with Crippen LogP contribution >= 0.6 is 11.8 Å². The van der Waals surface area contributed by atoms with Gasteiger partial charge in [-0.2, -0.15) is 16.9 Å². The van der Waals surface area contributed by atoms with Crippen LogP contribution in [-0.4, -0.2) is 56.9 Å². The van der Waals surface area contributed by atoms with E-state index in [1.54, 1.807) is 11.8 Å². The van der Waals surface area contributed by atoms with Gasteiger partial charge in [-0.05, 0) is 24.9 Å². The molecular formula is C11H19N5O3S. The molecule has 4 N–H and O–H groups in total. The molecule has 0 fully saturated rings. The van der Waals surface area contributed by atoms with Crippen molar-refractivity contribution in [3.63, 3.8) is 0 Å². The van der Waals surface area contributed by atoms with Crippen LogP contribution < -0.4 is 10.6 Å². The van der Waals surface area contributed by atoms with Crippen molar-refractivity contribution < 1.29 is 14.7 Å². The number of aromatic nitrogens is 3. The number of nitrogens with one attached hydrogen (secondary N) is 3. The molecule has 1 rings (SSSR count). The normalized spacial score (nSPS) is 11.8. The Morgan fingerprint density at radius 1 is 1.55 bits per heavy atom. The summed E-state index contributed by atoms with van der Waals surface area (Å²) in [7, 11) is 0. The molecule has 1 aromatic rings. The van der Waals surface area contributed by atoms with E-state index in [0.29, 0.717) is 31.6 Å². The standard InChI is InChI=1S/C11H19N5O3S/c1-20-6-4-8(10(17)18)15-11(19)12-5-2-3-9-13-7-14-16-9/h7-8H,2-6H2,1H3,(H,17,18)(H2,12,15,19)(H,13,14,16). The van der Waals surface area contributed by atoms with Crippen molar-refractivity contribution in [2.24, 2.45) is 0 Å². The second-order valence-electron chi connectivity index (χ2n) is 4.11. The highest BCUT2D eigenvalue weighted by atomic mass is 32.2. The van der Waals surface area contributed by atoms with E-state index in [-0.39, 0.29) is 0 Å². The molecule has 2 amide bonds. The molecule has 1 heterocycles. The van der Waals surface area contributed by atoms with Gasteiger partial charge in [0.2, 0.25) is 0 Å². The number of nitrogens with zero attached hydrogens (tertiary/aromatic N) is 2. The number of H-pyrrole nitrogens is 1. The molecule has 0 bridgehead atoms. The van der Waals surface area contributed by atoms with E-state index < -0.39 is 18.0 Å². The third kappa shape index (κ3) is 6.41. The topological polar surface area (TPSA) is 120 Å². The zero-order valence-electron chi connectivity index (χ0n) is 11.3. The highest BCUT2D eigenvalue weighted by Gasteiger charge is 2.18. The molecule has 1 aromatic heterocycles. The summed E-state index contributed by atoms with van der Waals surface area (Å²) in [6, 6.07) is -1.31. The van der Waals surface area contributed by atoms with Crippen molar-refractivity contribution in [1.29, 1.82) is 0 Å². The van der Waals surface area contributed by atoms with Crippen LogP contribution in [0.2, 0.25) is 0 Å². The Hall–Kier alpha value is -1.77. The minimum absolute atomic E-state index is 0.405. The number of thioether (sulfide) groups is 1. The Morgan fingerprint density at radius 3 is 2.95 bits per heavy atom. The number of aryl methyl sites for hydroxylation is 1. The number of aromatic amines is 1. The van der Waals surface area contributed by atoms with Gasteiger partial charge in [0, 0.05) is 13.0 Å². The van der Waals surface area contributed by atoms with Crippen molar-refractivity contribution in [3.8, 4) is 0 Å². The largest absolute Gasteiger partial charge is 0.480 e. The molecule has 0 saturated heterocycles. The van der Waals surface area contributed by atoms with Crippen molar-refractivity contribution >= 4 is 23.8 Å². The van der Waals surface area contributed by atoms with Crippen LogP contribution in [0.15, 0.2) is 6.33 Å². The van der Waals surface area contributed by atoms with Crippen molar-refractivity contribution in [1.82, 2.24) is 25.8 Å². The molecule has 0 aromatic carbocycles. The van der Waals surface area contributed by atoms with Crippen LogP contribution in [0, 0.1) is 0 Å². The molecule has 0 radical (unpaired) electrons. The second-order valence-corrected chi connectivity index (χ2v) is 5.09. The SMILES string of the molecule is CSCCC(NC(=O)NCCCc1ncn[nH]1)C(=O)O. The quantitative estimate of drug-likeness (QED) is 0.485. The summed E-state index contributed by atoms with van der Waals surface area (Å²) < 4.78 is 0. The number of hydrogen-bond donors (Lipinski definition) is 4. The molecule has 1 unspecified atom stereocenters. The minimum atomic E-state index is -1.02. The lowest BCUT2D eigenvalue weighted by molar-refractivity contribution is -0.139. The molecule has 0 aliphatic heterocycles. The first-order valence-electron chi connectivity index (χ1n) is 6.24. The fourth-order valence-electron chi connectivity index (χ4n) is 1.51. The lowest BCUT2D eigenvalue weighted by atomic mass is 10.2. The van der Waals surface area contributed by atoms with E-state index >= 15 is 0 Å². The molecule has 0 saturated carbocycles. The maximum atomic E-state index is 11.6. The van der Waals surface area contributed by atoms with Gasteiger partial charge in [0.15, 0.2) is 0 Å². The maximum absolute atomic E-state index is 11.6. The maximum Gasteiger partial charge on any atom is 0.326 e. The van der Waals surface area contributed by atoms with Crippen LogP contribution in [0.25, 0.3) is 0 Å². The summed E-state index contributed by atoms with van der Waals surface area (Å²) in [6.07, 6.45) is 5.10. The molecule has 0 spiro atoms. The molecule has 20 heavy (non-hydrogen) atoms. The first-order chi connectivity index (χ1) is 9.63. The van der Waals surface area contributed by atoms with Gasteiger partial charge in [-0.1, -0.05) is 0 Å². The predicted octanol–water partition coefficient (Wildman–Crippen LogP) is 0.243. The van der Waals surface area contributed by atoms with Gasteiger partial charge in [0.25, 0.3) is 0 Å². The zero-order valence-corrected chi connectivity index (χ0v) is 12.1. The number of carboxylic acids is 1. The smallest absolute Gasteiger partial charge is 0.326 e. The van der Waals surface area contributed by atoms with Gasteiger partial charge in [0.1, 0.15) is 18.2 Å². The summed E-state index contributed by atoms with van der Waals surface area (Å²) in [6.45, 7) is 0.446. The van der Waals surface area contributed by atoms with Crippen molar-refractivity contribution in [2.75, 3.05) is 18.6 Å². The van der Waals surface area contributed by atoms with E-state index in [1.807, 2.05) is 6.26 Å². The Kier molecular flexibility index (Phi) is 7.48. The number of rotatable bonds is 9.